The molecule has 0 bridgehead atoms. The number of hydrogen-bond acceptors (Lipinski definition) is 7. The van der Waals surface area contributed by atoms with Crippen LogP contribution in [0.25, 0.3) is 0 Å². The summed E-state index contributed by atoms with van der Waals surface area (Å²) in [6, 6.07) is 12.1. The molecule has 3 aromatic rings. The van der Waals surface area contributed by atoms with E-state index in [1.54, 1.807) is 12.1 Å². The first kappa shape index (κ1) is 23.1. The van der Waals surface area contributed by atoms with Crippen LogP contribution >= 0.6 is 0 Å². The summed E-state index contributed by atoms with van der Waals surface area (Å²) in [6.45, 7) is 1.78. The summed E-state index contributed by atoms with van der Waals surface area (Å²) < 4.78 is 51.7. The molecule has 1 N–H and O–H groups in total. The molecule has 2 aromatic carbocycles. The zero-order valence-corrected chi connectivity index (χ0v) is 17.8. The zero-order valence-electron chi connectivity index (χ0n) is 17.8. The van der Waals surface area contributed by atoms with Gasteiger partial charge < -0.3 is 18.8 Å². The molecule has 2 heterocycles. The monoisotopic (exact) mass is 476 g/mol. The van der Waals surface area contributed by atoms with Gasteiger partial charge in [-0.3, -0.25) is 14.9 Å². The van der Waals surface area contributed by atoms with Crippen LogP contribution in [0.5, 0.6) is 11.5 Å². The fourth-order valence-electron chi connectivity index (χ4n) is 3.42. The summed E-state index contributed by atoms with van der Waals surface area (Å²) in [5, 5.41) is 10.1. The zero-order chi connectivity index (χ0) is 24.3. The molecule has 12 heteroatoms. The molecule has 1 fully saturated rings. The summed E-state index contributed by atoms with van der Waals surface area (Å²) in [7, 11) is 0. The number of aryl methyl sites for hydroxylation is 1. The van der Waals surface area contributed by atoms with Crippen molar-refractivity contribution in [2.45, 2.75) is 25.6 Å². The first-order valence-electron chi connectivity index (χ1n) is 10.2. The van der Waals surface area contributed by atoms with Gasteiger partial charge in [0.05, 0.1) is 5.92 Å². The van der Waals surface area contributed by atoms with Crippen molar-refractivity contribution in [3.05, 3.63) is 60.0 Å². The molecular weight excluding hydrogens is 457 g/mol. The van der Waals surface area contributed by atoms with Crippen LogP contribution in [-0.2, 0) is 9.59 Å². The Hall–Kier alpha value is -4.09. The predicted octanol–water partition coefficient (Wildman–Crippen LogP) is 3.81. The van der Waals surface area contributed by atoms with Gasteiger partial charge in [-0.1, -0.05) is 23.3 Å². The topological polar surface area (TPSA) is 107 Å². The van der Waals surface area contributed by atoms with Gasteiger partial charge in [0.2, 0.25) is 11.8 Å². The van der Waals surface area contributed by atoms with Gasteiger partial charge in [0, 0.05) is 18.7 Å². The number of anilines is 2. The van der Waals surface area contributed by atoms with Crippen LogP contribution in [0.4, 0.5) is 24.9 Å². The number of carbonyl (C=O) groups excluding carboxylic acids is 2. The summed E-state index contributed by atoms with van der Waals surface area (Å²) in [6.07, 6.45) is -4.74. The Balaban J connectivity index is 1.33. The molecule has 0 aliphatic carbocycles. The molecule has 9 nitrogen and oxygen atoms in total. The lowest BCUT2D eigenvalue weighted by atomic mass is 10.1. The van der Waals surface area contributed by atoms with Gasteiger partial charge in [0.25, 0.3) is 5.91 Å². The van der Waals surface area contributed by atoms with Crippen LogP contribution in [0, 0.1) is 6.92 Å². The van der Waals surface area contributed by atoms with Gasteiger partial charge in [0.15, 0.2) is 6.61 Å². The Labute approximate surface area is 191 Å². The lowest BCUT2D eigenvalue weighted by Crippen LogP contribution is -2.24. The Morgan fingerprint density at radius 2 is 1.91 bits per heavy atom. The van der Waals surface area contributed by atoms with Crippen LogP contribution < -0.4 is 19.7 Å². The average molecular weight is 476 g/mol. The van der Waals surface area contributed by atoms with Crippen LogP contribution in [0.15, 0.2) is 52.9 Å². The maximum atomic E-state index is 12.4. The van der Waals surface area contributed by atoms with E-state index in [2.05, 4.69) is 20.3 Å². The van der Waals surface area contributed by atoms with Gasteiger partial charge in [-0.15, -0.1) is 18.3 Å². The molecule has 1 saturated heterocycles. The standard InChI is InChI=1S/C22H19F3N4O5/c1-13-4-2-3-5-17(13)32-12-18(30)26-21-28-27-20(33-21)14-10-19(31)29(11-14)15-6-8-16(9-7-15)34-22(23,24)25/h2-9,14H,10-12H2,1H3,(H,26,28,30)/t14-/m0/s1. The minimum atomic E-state index is -4.80. The normalized spacial score (nSPS) is 15.9. The molecular formula is C22H19F3N4O5. The van der Waals surface area contributed by atoms with E-state index < -0.39 is 18.2 Å². The average Bonchev–Trinajstić information content (AvgIpc) is 3.39. The second-order valence-corrected chi connectivity index (χ2v) is 7.49. The van der Waals surface area contributed by atoms with Gasteiger partial charge in [0.1, 0.15) is 11.5 Å². The van der Waals surface area contributed by atoms with E-state index in [4.69, 9.17) is 9.15 Å². The molecule has 0 radical (unpaired) electrons. The van der Waals surface area contributed by atoms with Crippen molar-refractivity contribution in [2.24, 2.45) is 0 Å². The smallest absolute Gasteiger partial charge is 0.483 e. The molecule has 2 amide bonds. The van der Waals surface area contributed by atoms with Crippen molar-refractivity contribution in [1.82, 2.24) is 10.2 Å². The SMILES string of the molecule is Cc1ccccc1OCC(=O)Nc1nnc([C@H]2CC(=O)N(c3ccc(OC(F)(F)F)cc3)C2)o1. The third-order valence-electron chi connectivity index (χ3n) is 5.00. The highest BCUT2D eigenvalue weighted by Crippen LogP contribution is 2.33. The van der Waals surface area contributed by atoms with Gasteiger partial charge >= 0.3 is 12.4 Å². The number of amides is 2. The molecule has 0 spiro atoms. The molecule has 1 aliphatic heterocycles. The third kappa shape index (κ3) is 5.63. The first-order chi connectivity index (χ1) is 16.2. The Morgan fingerprint density at radius 1 is 1.18 bits per heavy atom. The quantitative estimate of drug-likeness (QED) is 0.553. The van der Waals surface area contributed by atoms with E-state index in [1.807, 2.05) is 19.1 Å². The summed E-state index contributed by atoms with van der Waals surface area (Å²) >= 11 is 0. The van der Waals surface area contributed by atoms with Crippen molar-refractivity contribution >= 4 is 23.5 Å². The third-order valence-corrected chi connectivity index (χ3v) is 5.00. The van der Waals surface area contributed by atoms with Crippen molar-refractivity contribution < 1.29 is 36.7 Å². The Morgan fingerprint density at radius 3 is 2.62 bits per heavy atom. The van der Waals surface area contributed by atoms with E-state index >= 15 is 0 Å². The number of hydrogen-bond donors (Lipinski definition) is 1. The predicted molar refractivity (Wildman–Crippen MR) is 112 cm³/mol. The lowest BCUT2D eigenvalue weighted by molar-refractivity contribution is -0.274. The van der Waals surface area contributed by atoms with E-state index in [0.717, 1.165) is 17.7 Å². The van der Waals surface area contributed by atoms with Crippen molar-refractivity contribution in [1.29, 1.82) is 0 Å². The second kappa shape index (κ2) is 9.41. The number of nitrogens with one attached hydrogen (secondary N) is 1. The largest absolute Gasteiger partial charge is 0.573 e. The summed E-state index contributed by atoms with van der Waals surface area (Å²) in [5.74, 6) is -0.855. The number of carbonyl (C=O) groups is 2. The van der Waals surface area contributed by atoms with E-state index in [1.165, 1.54) is 17.0 Å². The number of benzene rings is 2. The van der Waals surface area contributed by atoms with Gasteiger partial charge in [-0.05, 0) is 42.8 Å². The van der Waals surface area contributed by atoms with Gasteiger partial charge in [-0.25, -0.2) is 0 Å². The number of rotatable bonds is 7. The Bertz CT molecular complexity index is 1180. The molecule has 1 aromatic heterocycles. The fraction of sp³-hybridized carbons (Fsp3) is 0.273. The van der Waals surface area contributed by atoms with E-state index in [9.17, 15) is 22.8 Å². The summed E-state index contributed by atoms with van der Waals surface area (Å²) in [5.41, 5.74) is 1.29. The highest BCUT2D eigenvalue weighted by Gasteiger charge is 2.35. The molecule has 34 heavy (non-hydrogen) atoms. The van der Waals surface area contributed by atoms with Crippen molar-refractivity contribution in [3.63, 3.8) is 0 Å². The minimum absolute atomic E-state index is 0.0623. The number of aromatic nitrogens is 2. The maximum Gasteiger partial charge on any atom is 0.573 e. The lowest BCUT2D eigenvalue weighted by Gasteiger charge is -2.17. The number of alkyl halides is 3. The molecule has 178 valence electrons. The van der Waals surface area contributed by atoms with Crippen LogP contribution in [0.1, 0.15) is 23.8 Å². The van der Waals surface area contributed by atoms with Crippen LogP contribution in [0.2, 0.25) is 0 Å². The molecule has 4 rings (SSSR count). The number of ether oxygens (including phenoxy) is 2. The number of nitrogens with zero attached hydrogens (tertiary/aromatic N) is 3. The van der Waals surface area contributed by atoms with Crippen molar-refractivity contribution in [2.75, 3.05) is 23.4 Å². The first-order valence-corrected chi connectivity index (χ1v) is 10.2. The van der Waals surface area contributed by atoms with Crippen molar-refractivity contribution in [3.8, 4) is 11.5 Å². The van der Waals surface area contributed by atoms with Crippen LogP contribution in [0.3, 0.4) is 0 Å². The molecule has 1 atom stereocenters. The molecule has 1 aliphatic rings. The van der Waals surface area contributed by atoms with Gasteiger partial charge in [-0.2, -0.15) is 0 Å². The highest BCUT2D eigenvalue weighted by molar-refractivity contribution is 5.96. The second-order valence-electron chi connectivity index (χ2n) is 7.49. The highest BCUT2D eigenvalue weighted by atomic mass is 19.4. The van der Waals surface area contributed by atoms with Crippen LogP contribution in [-0.4, -0.2) is 41.5 Å². The minimum Gasteiger partial charge on any atom is -0.483 e. The summed E-state index contributed by atoms with van der Waals surface area (Å²) in [4.78, 5) is 26.0. The molecule has 0 saturated carbocycles. The Kier molecular flexibility index (Phi) is 6.39. The van der Waals surface area contributed by atoms with E-state index in [0.29, 0.717) is 11.4 Å². The maximum absolute atomic E-state index is 12.4. The molecule has 0 unspecified atom stereocenters. The fourth-order valence-corrected chi connectivity index (χ4v) is 3.42. The number of para-hydroxylation sites is 1. The van der Waals surface area contributed by atoms with E-state index in [-0.39, 0.29) is 43.1 Å². The number of halogens is 3.